The molecule has 128 valence electrons. The predicted molar refractivity (Wildman–Crippen MR) is 91.9 cm³/mol. The van der Waals surface area contributed by atoms with Gasteiger partial charge in [-0.05, 0) is 12.8 Å². The Labute approximate surface area is 145 Å². The van der Waals surface area contributed by atoms with Gasteiger partial charge in [0.25, 0.3) is 0 Å². The Morgan fingerprint density at radius 1 is 1.08 bits per heavy atom. The molecule has 1 aromatic carbocycles. The number of hydrogen-bond donors (Lipinski definition) is 1. The van der Waals surface area contributed by atoms with Crippen molar-refractivity contribution in [3.8, 4) is 11.3 Å². The molecule has 3 heterocycles. The summed E-state index contributed by atoms with van der Waals surface area (Å²) >= 11 is 0. The summed E-state index contributed by atoms with van der Waals surface area (Å²) in [5, 5.41) is 15.0. The smallest absolute Gasteiger partial charge is 0.228 e. The molecule has 0 saturated carbocycles. The third kappa shape index (κ3) is 3.51. The number of benzene rings is 1. The molecule has 0 atom stereocenters. The molecule has 3 aromatic rings. The quantitative estimate of drug-likeness (QED) is 0.780. The second-order valence-electron chi connectivity index (χ2n) is 6.37. The van der Waals surface area contributed by atoms with Crippen LogP contribution < -0.4 is 4.90 Å². The number of aromatic nitrogens is 4. The maximum Gasteiger partial charge on any atom is 0.228 e. The van der Waals surface area contributed by atoms with Crippen LogP contribution in [0.3, 0.4) is 0 Å². The van der Waals surface area contributed by atoms with E-state index in [4.69, 9.17) is 4.52 Å². The fourth-order valence-electron chi connectivity index (χ4n) is 3.16. The number of anilines is 1. The van der Waals surface area contributed by atoms with Crippen molar-refractivity contribution in [2.45, 2.75) is 24.9 Å². The van der Waals surface area contributed by atoms with E-state index in [2.05, 4.69) is 25.0 Å². The molecule has 7 heteroatoms. The molecule has 1 aliphatic heterocycles. The lowest BCUT2D eigenvalue weighted by molar-refractivity contribution is 0.0107. The molecular formula is C18H19N5O2. The molecule has 0 spiro atoms. The summed E-state index contributed by atoms with van der Waals surface area (Å²) < 4.78 is 5.44. The van der Waals surface area contributed by atoms with Crippen LogP contribution in [0.4, 0.5) is 5.95 Å². The Bertz CT molecular complexity index is 814. The Hall–Kier alpha value is -2.80. The monoisotopic (exact) mass is 337 g/mol. The van der Waals surface area contributed by atoms with Gasteiger partial charge in [0, 0.05) is 31.1 Å². The standard InChI is InChI=1S/C18H19N5O2/c24-18(6-8-23(9-7-18)17-20-12-19-13-21-17)11-15-10-16(22-25-15)14-4-2-1-3-5-14/h1-5,10,12-13,24H,6-9,11H2. The van der Waals surface area contributed by atoms with E-state index in [1.54, 1.807) is 0 Å². The summed E-state index contributed by atoms with van der Waals surface area (Å²) in [7, 11) is 0. The number of nitrogens with zero attached hydrogens (tertiary/aromatic N) is 5. The second kappa shape index (κ2) is 6.60. The molecule has 4 rings (SSSR count). The minimum Gasteiger partial charge on any atom is -0.389 e. The first-order chi connectivity index (χ1) is 12.2. The zero-order chi connectivity index (χ0) is 17.1. The number of hydrogen-bond acceptors (Lipinski definition) is 7. The molecule has 0 unspecified atom stereocenters. The van der Waals surface area contributed by atoms with Crippen LogP contribution in [0.1, 0.15) is 18.6 Å². The van der Waals surface area contributed by atoms with Gasteiger partial charge in [-0.3, -0.25) is 0 Å². The van der Waals surface area contributed by atoms with E-state index in [0.29, 0.717) is 44.1 Å². The highest BCUT2D eigenvalue weighted by atomic mass is 16.5. The first kappa shape index (κ1) is 15.7. The van der Waals surface area contributed by atoms with Crippen LogP contribution in [-0.4, -0.2) is 43.9 Å². The SMILES string of the molecule is OC1(Cc2cc(-c3ccccc3)no2)CCN(c2ncncn2)CC1. The van der Waals surface area contributed by atoms with Gasteiger partial charge >= 0.3 is 0 Å². The van der Waals surface area contributed by atoms with Crippen LogP contribution in [0, 0.1) is 0 Å². The molecular weight excluding hydrogens is 318 g/mol. The molecule has 25 heavy (non-hydrogen) atoms. The Morgan fingerprint density at radius 3 is 2.52 bits per heavy atom. The minimum absolute atomic E-state index is 0.456. The third-order valence-corrected chi connectivity index (χ3v) is 4.59. The number of aliphatic hydroxyl groups is 1. The molecule has 1 fully saturated rings. The highest BCUT2D eigenvalue weighted by molar-refractivity contribution is 5.58. The van der Waals surface area contributed by atoms with Crippen LogP contribution >= 0.6 is 0 Å². The lowest BCUT2D eigenvalue weighted by Gasteiger charge is -2.37. The fraction of sp³-hybridized carbons (Fsp3) is 0.333. The van der Waals surface area contributed by atoms with Crippen molar-refractivity contribution in [1.82, 2.24) is 20.1 Å². The minimum atomic E-state index is -0.795. The van der Waals surface area contributed by atoms with Gasteiger partial charge in [-0.15, -0.1) is 0 Å². The number of piperidine rings is 1. The predicted octanol–water partition coefficient (Wildman–Crippen LogP) is 2.10. The van der Waals surface area contributed by atoms with Crippen molar-refractivity contribution < 1.29 is 9.63 Å². The van der Waals surface area contributed by atoms with Crippen molar-refractivity contribution >= 4 is 5.95 Å². The average Bonchev–Trinajstić information content (AvgIpc) is 3.12. The van der Waals surface area contributed by atoms with Crippen molar-refractivity contribution in [3.05, 3.63) is 54.8 Å². The van der Waals surface area contributed by atoms with E-state index >= 15 is 0 Å². The van der Waals surface area contributed by atoms with Crippen LogP contribution in [-0.2, 0) is 6.42 Å². The highest BCUT2D eigenvalue weighted by Crippen LogP contribution is 2.29. The zero-order valence-electron chi connectivity index (χ0n) is 13.7. The van der Waals surface area contributed by atoms with E-state index in [9.17, 15) is 5.11 Å². The average molecular weight is 337 g/mol. The molecule has 2 aromatic heterocycles. The Kier molecular flexibility index (Phi) is 4.15. The van der Waals surface area contributed by atoms with Crippen molar-refractivity contribution in [3.63, 3.8) is 0 Å². The van der Waals surface area contributed by atoms with Crippen molar-refractivity contribution in [2.75, 3.05) is 18.0 Å². The maximum absolute atomic E-state index is 10.9. The zero-order valence-corrected chi connectivity index (χ0v) is 13.7. The largest absolute Gasteiger partial charge is 0.389 e. The molecule has 0 amide bonds. The Morgan fingerprint density at radius 2 is 1.80 bits per heavy atom. The first-order valence-electron chi connectivity index (χ1n) is 8.32. The molecule has 1 N–H and O–H groups in total. The summed E-state index contributed by atoms with van der Waals surface area (Å²) in [5.74, 6) is 1.36. The van der Waals surface area contributed by atoms with Crippen molar-refractivity contribution in [1.29, 1.82) is 0 Å². The maximum atomic E-state index is 10.9. The lowest BCUT2D eigenvalue weighted by Crippen LogP contribution is -2.46. The Balaban J connectivity index is 1.41. The lowest BCUT2D eigenvalue weighted by atomic mass is 9.87. The molecule has 0 radical (unpaired) electrons. The van der Waals surface area contributed by atoms with Crippen LogP contribution in [0.15, 0.2) is 53.6 Å². The van der Waals surface area contributed by atoms with E-state index in [1.165, 1.54) is 12.7 Å². The molecule has 0 aliphatic carbocycles. The second-order valence-corrected chi connectivity index (χ2v) is 6.37. The van der Waals surface area contributed by atoms with E-state index in [0.717, 1.165) is 11.3 Å². The van der Waals surface area contributed by atoms with Crippen LogP contribution in [0.5, 0.6) is 0 Å². The van der Waals surface area contributed by atoms with Gasteiger partial charge in [0.1, 0.15) is 24.1 Å². The summed E-state index contributed by atoms with van der Waals surface area (Å²) in [4.78, 5) is 14.2. The van der Waals surface area contributed by atoms with Gasteiger partial charge in [0.2, 0.25) is 5.95 Å². The molecule has 1 saturated heterocycles. The van der Waals surface area contributed by atoms with Gasteiger partial charge in [0.15, 0.2) is 0 Å². The van der Waals surface area contributed by atoms with Gasteiger partial charge in [-0.1, -0.05) is 35.5 Å². The molecule has 1 aliphatic rings. The summed E-state index contributed by atoms with van der Waals surface area (Å²) in [6.07, 6.45) is 4.68. The van der Waals surface area contributed by atoms with E-state index in [1.807, 2.05) is 36.4 Å². The molecule has 7 nitrogen and oxygen atoms in total. The van der Waals surface area contributed by atoms with Gasteiger partial charge in [0.05, 0.1) is 5.60 Å². The van der Waals surface area contributed by atoms with Crippen LogP contribution in [0.2, 0.25) is 0 Å². The van der Waals surface area contributed by atoms with Gasteiger partial charge in [-0.25, -0.2) is 15.0 Å². The van der Waals surface area contributed by atoms with Gasteiger partial charge < -0.3 is 14.5 Å². The number of rotatable bonds is 4. The third-order valence-electron chi connectivity index (χ3n) is 4.59. The van der Waals surface area contributed by atoms with E-state index in [-0.39, 0.29) is 0 Å². The van der Waals surface area contributed by atoms with Gasteiger partial charge in [-0.2, -0.15) is 0 Å². The first-order valence-corrected chi connectivity index (χ1v) is 8.32. The van der Waals surface area contributed by atoms with E-state index < -0.39 is 5.60 Å². The summed E-state index contributed by atoms with van der Waals surface area (Å²) in [6, 6.07) is 11.8. The fourth-order valence-corrected chi connectivity index (χ4v) is 3.16. The van der Waals surface area contributed by atoms with Crippen molar-refractivity contribution in [2.24, 2.45) is 0 Å². The summed E-state index contributed by atoms with van der Waals surface area (Å²) in [5.41, 5.74) is 1.01. The summed E-state index contributed by atoms with van der Waals surface area (Å²) in [6.45, 7) is 1.39. The van der Waals surface area contributed by atoms with Crippen LogP contribution in [0.25, 0.3) is 11.3 Å². The topological polar surface area (TPSA) is 88.2 Å². The normalized spacial score (nSPS) is 16.8. The molecule has 0 bridgehead atoms. The highest BCUT2D eigenvalue weighted by Gasteiger charge is 2.34.